The molecular weight excluding hydrogens is 1170 g/mol. The fourth-order valence-electron chi connectivity index (χ4n) is 10.0. The molecule has 2 aliphatic heterocycles. The number of carbonyl (C=O) groups is 4. The van der Waals surface area contributed by atoms with Gasteiger partial charge in [-0.2, -0.15) is 0 Å². The minimum absolute atomic E-state index is 0.00433. The summed E-state index contributed by atoms with van der Waals surface area (Å²) in [5.74, 6) is -0.155. The van der Waals surface area contributed by atoms with Crippen molar-refractivity contribution in [2.24, 2.45) is 35.5 Å². The Morgan fingerprint density at radius 1 is 0.551 bits per heavy atom. The maximum absolute atomic E-state index is 13.1. The van der Waals surface area contributed by atoms with Crippen LogP contribution >= 0.6 is 11.6 Å². The first kappa shape index (κ1) is 74.7. The predicted molar refractivity (Wildman–Crippen MR) is 339 cm³/mol. The van der Waals surface area contributed by atoms with Crippen molar-refractivity contribution in [2.45, 2.75) is 145 Å². The smallest absolute Gasteiger partial charge is 0.411 e. The number of ketones is 2. The lowest BCUT2D eigenvalue weighted by atomic mass is 9.78. The minimum atomic E-state index is -0.825. The lowest BCUT2D eigenvalue weighted by Gasteiger charge is -2.42. The zero-order valence-corrected chi connectivity index (χ0v) is 55.5. The number of nitro benzene ring substituents is 2. The summed E-state index contributed by atoms with van der Waals surface area (Å²) in [6.45, 7) is 24.0. The summed E-state index contributed by atoms with van der Waals surface area (Å²) in [5, 5.41) is 33.2. The molecule has 1 N–H and O–H groups in total. The van der Waals surface area contributed by atoms with Gasteiger partial charge in [0, 0.05) is 63.0 Å². The quantitative estimate of drug-likeness (QED) is 0.0202. The second-order valence-corrected chi connectivity index (χ2v) is 25.4. The molecule has 0 bridgehead atoms. The van der Waals surface area contributed by atoms with Crippen molar-refractivity contribution in [1.82, 2.24) is 19.6 Å². The fraction of sp³-hybridized carbons (Fsp3) is 0.576. The van der Waals surface area contributed by atoms with Crippen molar-refractivity contribution in [2.75, 3.05) is 67.1 Å². The van der Waals surface area contributed by atoms with Gasteiger partial charge in [-0.1, -0.05) is 114 Å². The van der Waals surface area contributed by atoms with Gasteiger partial charge in [-0.05, 0) is 128 Å². The summed E-state index contributed by atoms with van der Waals surface area (Å²) in [4.78, 5) is 78.8. The zero-order chi connectivity index (χ0) is 66.5. The van der Waals surface area contributed by atoms with E-state index in [-0.39, 0.29) is 95.9 Å². The van der Waals surface area contributed by atoms with Crippen molar-refractivity contribution in [3.63, 3.8) is 0 Å². The van der Waals surface area contributed by atoms with Crippen molar-refractivity contribution in [3.05, 3.63) is 140 Å². The topological polar surface area (TPSA) is 252 Å². The molecule has 2 heterocycles. The van der Waals surface area contributed by atoms with E-state index >= 15 is 0 Å². The maximum Gasteiger partial charge on any atom is 0.411 e. The van der Waals surface area contributed by atoms with E-state index in [1.54, 1.807) is 12.1 Å². The monoisotopic (exact) mass is 1260 g/mol. The summed E-state index contributed by atoms with van der Waals surface area (Å²) >= 11 is 5.84. The van der Waals surface area contributed by atoms with E-state index in [1.807, 2.05) is 168 Å². The van der Waals surface area contributed by atoms with Crippen LogP contribution in [-0.2, 0) is 59.3 Å². The minimum Gasteiger partial charge on any atom is -0.457 e. The predicted octanol–water partition coefficient (Wildman–Crippen LogP) is 11.6. The number of halogens is 1. The maximum atomic E-state index is 13.1. The van der Waals surface area contributed by atoms with Crippen LogP contribution in [0.5, 0.6) is 11.5 Å². The molecule has 6 unspecified atom stereocenters. The number of likely N-dealkylation sites (N-methyl/N-ethyl adjacent to an activating group) is 2. The number of carbonyl (C=O) groups excluding carboxylic acids is 4. The first-order valence-electron chi connectivity index (χ1n) is 30.0. The van der Waals surface area contributed by atoms with Crippen LogP contribution in [0.2, 0.25) is 0 Å². The number of ether oxygens (including phenoxy) is 7. The summed E-state index contributed by atoms with van der Waals surface area (Å²) in [6, 6.07) is 28.7. The van der Waals surface area contributed by atoms with E-state index in [1.165, 1.54) is 53.5 Å². The SMILES string of the molecule is CC(=O)C1OC(Oc2ccc(COC(=O)N(CCN(C)C)COC(C)(C)Cc3ccccc3)cc2[N+](=O)[O-])[C@@H](C)[C@@H](C)C1C.CC(=O)C1OC(Oc2ccc(COC(=O)N(CCl)CCN(C)C)cc2[N+](=O)[O-])[C@@H](C)[C@@H](C)C1C.CC(C)(O)Cc1ccccc1. The highest BCUT2D eigenvalue weighted by Crippen LogP contribution is 2.40. The third kappa shape index (κ3) is 24.2. The van der Waals surface area contributed by atoms with Crippen LogP contribution < -0.4 is 9.47 Å². The Hall–Kier alpha value is -6.79. The van der Waals surface area contributed by atoms with Crippen molar-refractivity contribution < 1.29 is 67.3 Å². The van der Waals surface area contributed by atoms with Crippen molar-refractivity contribution >= 4 is 46.7 Å². The Morgan fingerprint density at radius 2 is 0.933 bits per heavy atom. The molecule has 10 atom stereocenters. The first-order valence-corrected chi connectivity index (χ1v) is 30.6. The molecule has 6 rings (SSSR count). The van der Waals surface area contributed by atoms with Gasteiger partial charge < -0.3 is 48.1 Å². The van der Waals surface area contributed by atoms with E-state index < -0.39 is 58.0 Å². The number of nitrogens with zero attached hydrogens (tertiary/aromatic N) is 6. The van der Waals surface area contributed by atoms with E-state index in [9.17, 15) is 44.5 Å². The lowest BCUT2D eigenvalue weighted by molar-refractivity contribution is -0.386. The Kier molecular flexibility index (Phi) is 29.4. The van der Waals surface area contributed by atoms with Gasteiger partial charge in [0.25, 0.3) is 0 Å². The standard InChI is InChI=1S/C33H47N3O8.C23H34ClN3O7.C10H14O/c1-22-23(2)30(25(4)37)44-31(24(22)3)43-29-15-14-27(18-28(29)36(39)40)20-41-32(38)35(17-16-34(7)8)21-42-33(5,6)19-26-12-10-9-11-13-26;1-14-15(2)21(17(4)28)34-22(16(14)3)33-20-8-7-18(11-19(20)27(30)31)12-32-23(29)26(13-24)10-9-25(5)6;1-10(2,11)8-9-6-4-3-5-7-9/h9-15,18,22-24,30-31H,16-17,19-21H2,1-8H3;7-8,11,14-16,21-22H,9-10,12-13H2,1-6H3;3-7,11H,8H2,1-2H3/t22-,23?,24-,30?,31?;14-,15?,16-,21?,22?;/m00./s1. The number of alkyl halides is 1. The van der Waals surface area contributed by atoms with Crippen LogP contribution in [0, 0.1) is 55.7 Å². The fourth-order valence-corrected chi connectivity index (χ4v) is 10.3. The van der Waals surface area contributed by atoms with E-state index in [0.717, 1.165) is 5.56 Å². The summed E-state index contributed by atoms with van der Waals surface area (Å²) in [7, 11) is 7.57. The molecule has 22 nitrogen and oxygen atoms in total. The molecule has 0 spiro atoms. The molecule has 2 aliphatic rings. The number of rotatable bonds is 26. The van der Waals surface area contributed by atoms with Gasteiger partial charge in [-0.3, -0.25) is 39.6 Å². The Bertz CT molecular complexity index is 2910. The number of nitro groups is 2. The molecule has 89 heavy (non-hydrogen) atoms. The number of hydrogen-bond donors (Lipinski definition) is 1. The van der Waals surface area contributed by atoms with Crippen LogP contribution in [0.15, 0.2) is 97.1 Å². The molecular formula is C66H95ClN6O16. The van der Waals surface area contributed by atoms with Gasteiger partial charge in [-0.15, -0.1) is 11.6 Å². The number of Topliss-reactive ketones (excluding diaryl/α,β-unsaturated/α-hetero) is 2. The molecule has 0 aliphatic carbocycles. The van der Waals surface area contributed by atoms with Crippen LogP contribution in [0.1, 0.15) is 105 Å². The average Bonchev–Trinajstić information content (AvgIpc) is 1.03. The highest BCUT2D eigenvalue weighted by atomic mass is 35.5. The Morgan fingerprint density at radius 3 is 1.29 bits per heavy atom. The number of aliphatic hydroxyl groups is 1. The Balaban J connectivity index is 0.000000331. The van der Waals surface area contributed by atoms with Crippen LogP contribution in [0.4, 0.5) is 21.0 Å². The summed E-state index contributed by atoms with van der Waals surface area (Å²) < 4.78 is 40.7. The molecule has 0 saturated carbocycles. The second kappa shape index (κ2) is 35.0. The molecule has 0 radical (unpaired) electrons. The van der Waals surface area contributed by atoms with Gasteiger partial charge in [-0.25, -0.2) is 9.59 Å². The van der Waals surface area contributed by atoms with E-state index in [4.69, 9.17) is 44.8 Å². The number of benzene rings is 4. The first-order chi connectivity index (χ1) is 41.7. The van der Waals surface area contributed by atoms with Gasteiger partial charge >= 0.3 is 23.6 Å². The molecule has 2 amide bonds. The molecule has 23 heteroatoms. The molecule has 2 fully saturated rings. The molecule has 492 valence electrons. The van der Waals surface area contributed by atoms with Crippen LogP contribution in [-0.4, -0.2) is 161 Å². The van der Waals surface area contributed by atoms with E-state index in [2.05, 4.69) is 0 Å². The third-order valence-corrected chi connectivity index (χ3v) is 16.3. The molecule has 2 saturated heterocycles. The zero-order valence-electron chi connectivity index (χ0n) is 54.7. The van der Waals surface area contributed by atoms with Crippen molar-refractivity contribution in [3.8, 4) is 11.5 Å². The third-order valence-electron chi connectivity index (χ3n) is 16.0. The lowest BCUT2D eigenvalue weighted by Crippen LogP contribution is -2.49. The van der Waals surface area contributed by atoms with Gasteiger partial charge in [0.2, 0.25) is 12.6 Å². The van der Waals surface area contributed by atoms with Gasteiger partial charge in [0.15, 0.2) is 23.1 Å². The highest BCUT2D eigenvalue weighted by molar-refractivity contribution is 6.18. The second-order valence-electron chi connectivity index (χ2n) is 25.1. The Labute approximate surface area is 530 Å². The van der Waals surface area contributed by atoms with Crippen molar-refractivity contribution in [1.29, 1.82) is 0 Å². The largest absolute Gasteiger partial charge is 0.457 e. The molecule has 4 aromatic carbocycles. The summed E-state index contributed by atoms with van der Waals surface area (Å²) in [6.07, 6.45) is -2.73. The van der Waals surface area contributed by atoms with Crippen LogP contribution in [0.25, 0.3) is 0 Å². The molecule has 0 aromatic heterocycles. The van der Waals surface area contributed by atoms with Gasteiger partial charge in [0.05, 0.1) is 27.1 Å². The average molecular weight is 1260 g/mol. The number of amides is 2. The van der Waals surface area contributed by atoms with Crippen LogP contribution in [0.3, 0.4) is 0 Å². The highest BCUT2D eigenvalue weighted by Gasteiger charge is 2.44. The normalized spacial score (nSPS) is 21.7. The number of hydrogen-bond acceptors (Lipinski definition) is 18. The van der Waals surface area contributed by atoms with Gasteiger partial charge in [0.1, 0.15) is 32.2 Å². The van der Waals surface area contributed by atoms with E-state index in [0.29, 0.717) is 50.1 Å². The summed E-state index contributed by atoms with van der Waals surface area (Å²) in [5.41, 5.74) is 1.47. The molecule has 4 aromatic rings.